The summed E-state index contributed by atoms with van der Waals surface area (Å²) in [5.74, 6) is -1.77. The van der Waals surface area contributed by atoms with Gasteiger partial charge in [0.15, 0.2) is 0 Å². The summed E-state index contributed by atoms with van der Waals surface area (Å²) >= 11 is 12.4. The van der Waals surface area contributed by atoms with Gasteiger partial charge in [0, 0.05) is 48.3 Å². The van der Waals surface area contributed by atoms with Crippen molar-refractivity contribution in [1.82, 2.24) is 9.80 Å². The highest BCUT2D eigenvalue weighted by Crippen LogP contribution is 2.40. The van der Waals surface area contributed by atoms with Crippen LogP contribution in [0.3, 0.4) is 0 Å². The van der Waals surface area contributed by atoms with E-state index < -0.39 is 11.9 Å². The van der Waals surface area contributed by atoms with Crippen LogP contribution in [0, 0.1) is 11.8 Å². The van der Waals surface area contributed by atoms with Crippen LogP contribution in [-0.2, 0) is 16.1 Å². The van der Waals surface area contributed by atoms with Crippen molar-refractivity contribution in [3.63, 3.8) is 0 Å². The zero-order chi connectivity index (χ0) is 17.4. The first-order valence-corrected chi connectivity index (χ1v) is 8.78. The van der Waals surface area contributed by atoms with Gasteiger partial charge in [0.05, 0.1) is 11.8 Å². The zero-order valence-corrected chi connectivity index (χ0v) is 14.9. The van der Waals surface area contributed by atoms with Crippen molar-refractivity contribution in [2.24, 2.45) is 11.8 Å². The zero-order valence-electron chi connectivity index (χ0n) is 13.4. The molecule has 1 aliphatic carbocycles. The van der Waals surface area contributed by atoms with Crippen molar-refractivity contribution in [1.29, 1.82) is 0 Å². The lowest BCUT2D eigenvalue weighted by Crippen LogP contribution is -2.40. The quantitative estimate of drug-likeness (QED) is 0.865. The van der Waals surface area contributed by atoms with Gasteiger partial charge in [0.1, 0.15) is 0 Å². The average molecular weight is 371 g/mol. The molecule has 130 valence electrons. The van der Waals surface area contributed by atoms with E-state index in [1.807, 2.05) is 18.2 Å². The maximum Gasteiger partial charge on any atom is 0.307 e. The number of nitrogens with zero attached hydrogens (tertiary/aromatic N) is 2. The largest absolute Gasteiger partial charge is 0.481 e. The molecule has 0 aromatic heterocycles. The average Bonchev–Trinajstić information content (AvgIpc) is 3.22. The standard InChI is InChI=1S/C17H20Cl2N2O3/c1-20(16(22)11-7-12(11)17(23)24)10-5-6-21(8-10)9-13-14(18)3-2-4-15(13)19/h2-4,10-12H,5-9H2,1H3,(H,23,24). The van der Waals surface area contributed by atoms with E-state index in [0.717, 1.165) is 25.1 Å². The lowest BCUT2D eigenvalue weighted by atomic mass is 10.2. The molecular weight excluding hydrogens is 351 g/mol. The molecule has 1 aromatic rings. The molecule has 2 aliphatic rings. The summed E-state index contributed by atoms with van der Waals surface area (Å²) in [7, 11) is 1.77. The molecule has 0 bridgehead atoms. The molecule has 0 spiro atoms. The van der Waals surface area contributed by atoms with Gasteiger partial charge in [-0.2, -0.15) is 0 Å². The van der Waals surface area contributed by atoms with Crippen molar-refractivity contribution < 1.29 is 14.7 Å². The van der Waals surface area contributed by atoms with Crippen LogP contribution in [0.25, 0.3) is 0 Å². The Labute approximate surface area is 151 Å². The predicted molar refractivity (Wildman–Crippen MR) is 92.1 cm³/mol. The first kappa shape index (κ1) is 17.5. The van der Waals surface area contributed by atoms with Crippen LogP contribution >= 0.6 is 23.2 Å². The number of hydrogen-bond acceptors (Lipinski definition) is 3. The summed E-state index contributed by atoms with van der Waals surface area (Å²) in [5.41, 5.74) is 0.906. The van der Waals surface area contributed by atoms with Crippen LogP contribution in [0.15, 0.2) is 18.2 Å². The Hall–Kier alpha value is -1.30. The highest BCUT2D eigenvalue weighted by molar-refractivity contribution is 6.35. The molecule has 7 heteroatoms. The number of halogens is 2. The van der Waals surface area contributed by atoms with E-state index >= 15 is 0 Å². The molecule has 3 atom stereocenters. The Kier molecular flexibility index (Phi) is 5.04. The molecule has 2 fully saturated rings. The maximum atomic E-state index is 12.4. The molecule has 1 saturated heterocycles. The minimum Gasteiger partial charge on any atom is -0.481 e. The van der Waals surface area contributed by atoms with Gasteiger partial charge in [-0.05, 0) is 25.0 Å². The molecular formula is C17H20Cl2N2O3. The number of carboxylic acids is 1. The molecule has 0 radical (unpaired) electrons. The van der Waals surface area contributed by atoms with Crippen LogP contribution < -0.4 is 0 Å². The minimum absolute atomic E-state index is 0.0509. The first-order valence-electron chi connectivity index (χ1n) is 8.03. The molecule has 1 aromatic carbocycles. The predicted octanol–water partition coefficient (Wildman–Crippen LogP) is 2.75. The number of benzene rings is 1. The van der Waals surface area contributed by atoms with E-state index in [1.165, 1.54) is 0 Å². The third-order valence-electron chi connectivity index (χ3n) is 5.01. The Morgan fingerprint density at radius 1 is 1.29 bits per heavy atom. The van der Waals surface area contributed by atoms with Crippen LogP contribution in [0.4, 0.5) is 0 Å². The van der Waals surface area contributed by atoms with E-state index in [2.05, 4.69) is 4.90 Å². The lowest BCUT2D eigenvalue weighted by Gasteiger charge is -2.25. The van der Waals surface area contributed by atoms with Gasteiger partial charge in [-0.25, -0.2) is 0 Å². The van der Waals surface area contributed by atoms with Gasteiger partial charge < -0.3 is 10.0 Å². The first-order chi connectivity index (χ1) is 11.4. The van der Waals surface area contributed by atoms with Crippen LogP contribution in [0.5, 0.6) is 0 Å². The molecule has 1 heterocycles. The lowest BCUT2D eigenvalue weighted by molar-refractivity contribution is -0.142. The number of hydrogen-bond donors (Lipinski definition) is 1. The third kappa shape index (κ3) is 3.53. The number of likely N-dealkylation sites (N-methyl/N-ethyl adjacent to an activating group) is 1. The molecule has 1 saturated carbocycles. The third-order valence-corrected chi connectivity index (χ3v) is 5.72. The molecule has 3 rings (SSSR count). The van der Waals surface area contributed by atoms with Crippen molar-refractivity contribution in [2.45, 2.75) is 25.4 Å². The Bertz CT molecular complexity index is 647. The van der Waals surface area contributed by atoms with E-state index in [-0.39, 0.29) is 17.9 Å². The number of likely N-dealkylation sites (tertiary alicyclic amines) is 1. The van der Waals surface area contributed by atoms with Crippen molar-refractivity contribution in [2.75, 3.05) is 20.1 Å². The van der Waals surface area contributed by atoms with Gasteiger partial charge in [0.2, 0.25) is 5.91 Å². The molecule has 1 N–H and O–H groups in total. The highest BCUT2D eigenvalue weighted by Gasteiger charge is 2.50. The summed E-state index contributed by atoms with van der Waals surface area (Å²) in [6, 6.07) is 5.58. The Morgan fingerprint density at radius 2 is 1.96 bits per heavy atom. The Balaban J connectivity index is 1.57. The number of carbonyl (C=O) groups excluding carboxylic acids is 1. The number of carboxylic acid groups (broad SMARTS) is 1. The fourth-order valence-electron chi connectivity index (χ4n) is 3.36. The SMILES string of the molecule is CN(C(=O)C1CC1C(=O)O)C1CCN(Cc2c(Cl)cccc2Cl)C1. The van der Waals surface area contributed by atoms with Crippen molar-refractivity contribution in [3.8, 4) is 0 Å². The second kappa shape index (κ2) is 6.90. The summed E-state index contributed by atoms with van der Waals surface area (Å²) in [5, 5.41) is 10.3. The van der Waals surface area contributed by atoms with Crippen LogP contribution in [0.1, 0.15) is 18.4 Å². The van der Waals surface area contributed by atoms with Gasteiger partial charge in [-0.1, -0.05) is 29.3 Å². The van der Waals surface area contributed by atoms with Gasteiger partial charge in [-0.15, -0.1) is 0 Å². The summed E-state index contributed by atoms with van der Waals surface area (Å²) in [6.07, 6.45) is 1.33. The topological polar surface area (TPSA) is 60.9 Å². The van der Waals surface area contributed by atoms with E-state index in [9.17, 15) is 9.59 Å². The van der Waals surface area contributed by atoms with Crippen LogP contribution in [0.2, 0.25) is 10.0 Å². The van der Waals surface area contributed by atoms with Crippen molar-refractivity contribution in [3.05, 3.63) is 33.8 Å². The van der Waals surface area contributed by atoms with E-state index in [4.69, 9.17) is 28.3 Å². The number of amides is 1. The van der Waals surface area contributed by atoms with Crippen LogP contribution in [-0.4, -0.2) is 53.0 Å². The summed E-state index contributed by atoms with van der Waals surface area (Å²) < 4.78 is 0. The maximum absolute atomic E-state index is 12.4. The second-order valence-electron chi connectivity index (χ2n) is 6.61. The smallest absolute Gasteiger partial charge is 0.307 e. The number of aliphatic carboxylic acids is 1. The molecule has 3 unspecified atom stereocenters. The molecule has 1 aliphatic heterocycles. The second-order valence-corrected chi connectivity index (χ2v) is 7.43. The monoisotopic (exact) mass is 370 g/mol. The summed E-state index contributed by atoms with van der Waals surface area (Å²) in [6.45, 7) is 2.25. The Morgan fingerprint density at radius 3 is 2.54 bits per heavy atom. The fourth-order valence-corrected chi connectivity index (χ4v) is 3.88. The number of carbonyl (C=O) groups is 2. The minimum atomic E-state index is -0.872. The fraction of sp³-hybridized carbons (Fsp3) is 0.529. The van der Waals surface area contributed by atoms with E-state index in [0.29, 0.717) is 23.0 Å². The molecule has 24 heavy (non-hydrogen) atoms. The highest BCUT2D eigenvalue weighted by atomic mass is 35.5. The van der Waals surface area contributed by atoms with Gasteiger partial charge in [0.25, 0.3) is 0 Å². The van der Waals surface area contributed by atoms with Gasteiger partial charge >= 0.3 is 5.97 Å². The normalized spacial score (nSPS) is 26.4. The van der Waals surface area contributed by atoms with Gasteiger partial charge in [-0.3, -0.25) is 14.5 Å². The van der Waals surface area contributed by atoms with E-state index in [1.54, 1.807) is 11.9 Å². The number of rotatable bonds is 5. The summed E-state index contributed by atoms with van der Waals surface area (Å²) in [4.78, 5) is 27.3. The van der Waals surface area contributed by atoms with Crippen molar-refractivity contribution >= 4 is 35.1 Å². The molecule has 1 amide bonds. The molecule has 5 nitrogen and oxygen atoms in total.